The second-order valence-corrected chi connectivity index (χ2v) is 9.40. The second kappa shape index (κ2) is 10.4. The lowest BCUT2D eigenvalue weighted by atomic mass is 9.95. The Balaban J connectivity index is 1.30. The van der Waals surface area contributed by atoms with Crippen molar-refractivity contribution in [3.8, 4) is 22.4 Å². The molecule has 0 saturated carbocycles. The maximum absolute atomic E-state index is 12.6. The van der Waals surface area contributed by atoms with Crippen LogP contribution in [-0.2, 0) is 4.79 Å². The number of carbonyl (C=O) groups is 2. The van der Waals surface area contributed by atoms with Crippen LogP contribution in [0.3, 0.4) is 0 Å². The van der Waals surface area contributed by atoms with Crippen molar-refractivity contribution in [2.24, 2.45) is 0 Å². The first-order valence-electron chi connectivity index (χ1n) is 12.2. The van der Waals surface area contributed by atoms with Crippen LogP contribution >= 0.6 is 0 Å². The molecule has 0 bridgehead atoms. The summed E-state index contributed by atoms with van der Waals surface area (Å²) in [7, 11) is 0. The van der Waals surface area contributed by atoms with E-state index in [9.17, 15) is 27.9 Å². The molecule has 1 unspecified atom stereocenters. The first kappa shape index (κ1) is 26.2. The van der Waals surface area contributed by atoms with Crippen LogP contribution in [-0.4, -0.2) is 68.5 Å². The first-order chi connectivity index (χ1) is 18.6. The molecule has 3 N–H and O–H groups in total. The molecule has 1 saturated heterocycles. The largest absolute Gasteiger partial charge is 0.405 e. The van der Waals surface area contributed by atoms with Gasteiger partial charge in [-0.05, 0) is 36.2 Å². The van der Waals surface area contributed by atoms with Crippen LogP contribution in [0.2, 0.25) is 0 Å². The monoisotopic (exact) mass is 538 g/mol. The number of benzene rings is 2. The van der Waals surface area contributed by atoms with Crippen LogP contribution in [0.25, 0.3) is 28.0 Å². The lowest BCUT2D eigenvalue weighted by Crippen LogP contribution is -2.54. The average Bonchev–Trinajstić information content (AvgIpc) is 3.33. The molecule has 0 spiro atoms. The summed E-state index contributed by atoms with van der Waals surface area (Å²) in [6.45, 7) is 1.16. The molecule has 1 aliphatic heterocycles. The number of nitrogens with one attached hydrogen (secondary N) is 2. The first-order valence-corrected chi connectivity index (χ1v) is 12.2. The molecule has 0 aliphatic carbocycles. The fourth-order valence-electron chi connectivity index (χ4n) is 4.36. The Morgan fingerprint density at radius 2 is 1.79 bits per heavy atom. The van der Waals surface area contributed by atoms with Gasteiger partial charge in [0, 0.05) is 29.9 Å². The minimum absolute atomic E-state index is 0.0118. The van der Waals surface area contributed by atoms with Crippen molar-refractivity contribution in [2.45, 2.75) is 25.1 Å². The van der Waals surface area contributed by atoms with Crippen LogP contribution in [0.5, 0.6) is 0 Å². The molecule has 2 aromatic carbocycles. The lowest BCUT2D eigenvalue weighted by Gasteiger charge is -2.37. The third kappa shape index (κ3) is 5.85. The van der Waals surface area contributed by atoms with E-state index in [1.54, 1.807) is 51.4 Å². The minimum Gasteiger partial charge on any atom is -0.389 e. The Bertz CT molecular complexity index is 1510. The number of aliphatic hydroxyl groups excluding tert-OH is 1. The van der Waals surface area contributed by atoms with E-state index in [1.165, 1.54) is 0 Å². The zero-order valence-electron chi connectivity index (χ0n) is 20.8. The van der Waals surface area contributed by atoms with Crippen molar-refractivity contribution >= 4 is 23.3 Å². The molecular weight excluding hydrogens is 513 g/mol. The summed E-state index contributed by atoms with van der Waals surface area (Å²) in [4.78, 5) is 30.5. The summed E-state index contributed by atoms with van der Waals surface area (Å²) < 4.78 is 38.6. The zero-order chi connectivity index (χ0) is 27.7. The summed E-state index contributed by atoms with van der Waals surface area (Å²) in [5.41, 5.74) is 4.79. The second-order valence-electron chi connectivity index (χ2n) is 9.40. The third-order valence-electron chi connectivity index (χ3n) is 6.52. The molecule has 5 rings (SSSR count). The number of aliphatic hydroxyl groups is 1. The van der Waals surface area contributed by atoms with Crippen molar-refractivity contribution in [3.05, 3.63) is 72.6 Å². The number of amides is 3. The number of rotatable bonds is 6. The topological polar surface area (TPSA) is 112 Å². The molecule has 0 radical (unpaired) electrons. The Labute approximate surface area is 221 Å². The number of carbonyl (C=O) groups excluding carboxylic acids is 2. The van der Waals surface area contributed by atoms with Crippen molar-refractivity contribution < 1.29 is 27.9 Å². The lowest BCUT2D eigenvalue weighted by molar-refractivity contribution is -0.142. The maximum Gasteiger partial charge on any atom is 0.405 e. The molecule has 2 aromatic heterocycles. The number of alkyl halides is 3. The summed E-state index contributed by atoms with van der Waals surface area (Å²) in [5, 5.41) is 18.1. The van der Waals surface area contributed by atoms with Crippen LogP contribution < -0.4 is 10.6 Å². The Morgan fingerprint density at radius 3 is 2.49 bits per heavy atom. The molecule has 3 amide bonds. The van der Waals surface area contributed by atoms with E-state index in [0.29, 0.717) is 35.7 Å². The number of hydrogen-bond acceptors (Lipinski definition) is 5. The molecule has 1 fully saturated rings. The highest BCUT2D eigenvalue weighted by atomic mass is 19.4. The third-order valence-corrected chi connectivity index (χ3v) is 6.52. The summed E-state index contributed by atoms with van der Waals surface area (Å²) >= 11 is 0. The van der Waals surface area contributed by atoms with Gasteiger partial charge >= 0.3 is 12.2 Å². The smallest absolute Gasteiger partial charge is 0.389 e. The number of fused-ring (bicyclic) bond motifs is 1. The summed E-state index contributed by atoms with van der Waals surface area (Å²) in [5.74, 6) is -0.328. The maximum atomic E-state index is 12.6. The standard InChI is InChI=1S/C27H25F3N6O3/c1-16(25(38)35-13-22(37)14-35)17-5-7-18(8-6-17)20-10-24-31-12-23(36(24)33-11-20)19-3-2-4-21(9-19)34-26(39)32-15-27(28,29)30/h2-12,16,22,37H,13-15H2,1H3,(H2,32,34,39). The number of imidazole rings is 1. The van der Waals surface area contributed by atoms with Gasteiger partial charge in [0.2, 0.25) is 5.91 Å². The fraction of sp³-hybridized carbons (Fsp3) is 0.259. The molecule has 39 heavy (non-hydrogen) atoms. The molecule has 4 aromatic rings. The fourth-order valence-corrected chi connectivity index (χ4v) is 4.36. The van der Waals surface area contributed by atoms with E-state index >= 15 is 0 Å². The molecular formula is C27H25F3N6O3. The van der Waals surface area contributed by atoms with Crippen molar-refractivity contribution in [3.63, 3.8) is 0 Å². The number of halogens is 3. The van der Waals surface area contributed by atoms with Crippen molar-refractivity contribution in [2.75, 3.05) is 25.0 Å². The molecule has 202 valence electrons. The average molecular weight is 539 g/mol. The normalized spacial score (nSPS) is 14.6. The van der Waals surface area contributed by atoms with Crippen LogP contribution in [0, 0.1) is 0 Å². The van der Waals surface area contributed by atoms with Gasteiger partial charge in [-0.1, -0.05) is 36.4 Å². The zero-order valence-corrected chi connectivity index (χ0v) is 20.8. The predicted octanol–water partition coefficient (Wildman–Crippen LogP) is 4.05. The number of nitrogens with zero attached hydrogens (tertiary/aromatic N) is 4. The molecule has 3 heterocycles. The van der Waals surface area contributed by atoms with Gasteiger partial charge in [0.25, 0.3) is 0 Å². The van der Waals surface area contributed by atoms with Gasteiger partial charge in [-0.15, -0.1) is 0 Å². The molecule has 1 aliphatic rings. The van der Waals surface area contributed by atoms with E-state index in [1.807, 2.05) is 37.3 Å². The van der Waals surface area contributed by atoms with E-state index in [4.69, 9.17) is 0 Å². The number of anilines is 1. The number of aromatic nitrogens is 3. The number of hydrogen-bond donors (Lipinski definition) is 3. The Hall–Kier alpha value is -4.45. The van der Waals surface area contributed by atoms with Crippen LogP contribution in [0.15, 0.2) is 67.0 Å². The van der Waals surface area contributed by atoms with Gasteiger partial charge in [-0.25, -0.2) is 14.3 Å². The van der Waals surface area contributed by atoms with Gasteiger partial charge in [-0.2, -0.15) is 18.3 Å². The van der Waals surface area contributed by atoms with Gasteiger partial charge < -0.3 is 20.6 Å². The number of likely N-dealkylation sites (tertiary alicyclic amines) is 1. The molecule has 12 heteroatoms. The summed E-state index contributed by atoms with van der Waals surface area (Å²) in [6, 6.07) is 15.2. The van der Waals surface area contributed by atoms with Crippen LogP contribution in [0.4, 0.5) is 23.7 Å². The Kier molecular flexibility index (Phi) is 6.96. The van der Waals surface area contributed by atoms with Crippen LogP contribution in [0.1, 0.15) is 18.4 Å². The van der Waals surface area contributed by atoms with E-state index in [2.05, 4.69) is 15.4 Å². The number of β-amino-alcohol motifs (C(OH)–C–C–N with tert-alkyl or cyclic N) is 1. The van der Waals surface area contributed by atoms with Gasteiger partial charge in [-0.3, -0.25) is 4.79 Å². The van der Waals surface area contributed by atoms with Gasteiger partial charge in [0.1, 0.15) is 6.54 Å². The van der Waals surface area contributed by atoms with E-state index in [0.717, 1.165) is 16.7 Å². The van der Waals surface area contributed by atoms with Gasteiger partial charge in [0.15, 0.2) is 5.65 Å². The quantitative estimate of drug-likeness (QED) is 0.343. The summed E-state index contributed by atoms with van der Waals surface area (Å²) in [6.07, 6.45) is -1.62. The van der Waals surface area contributed by atoms with E-state index < -0.39 is 24.9 Å². The predicted molar refractivity (Wildman–Crippen MR) is 138 cm³/mol. The number of urea groups is 1. The highest BCUT2D eigenvalue weighted by Crippen LogP contribution is 2.28. The minimum atomic E-state index is -4.50. The highest BCUT2D eigenvalue weighted by Gasteiger charge is 2.32. The van der Waals surface area contributed by atoms with Gasteiger partial charge in [0.05, 0.1) is 30.1 Å². The highest BCUT2D eigenvalue weighted by molar-refractivity contribution is 5.90. The molecule has 9 nitrogen and oxygen atoms in total. The molecule has 1 atom stereocenters. The van der Waals surface area contributed by atoms with Crippen molar-refractivity contribution in [1.29, 1.82) is 0 Å². The Morgan fingerprint density at radius 1 is 1.05 bits per heavy atom. The van der Waals surface area contributed by atoms with Crippen molar-refractivity contribution in [1.82, 2.24) is 24.8 Å². The van der Waals surface area contributed by atoms with E-state index in [-0.39, 0.29) is 11.8 Å². The SMILES string of the molecule is CC(C(=O)N1CC(O)C1)c1ccc(-c2cnn3c(-c4cccc(NC(=O)NCC(F)(F)F)c4)cnc3c2)cc1.